The topological polar surface area (TPSA) is 52.7 Å². The van der Waals surface area contributed by atoms with Crippen molar-refractivity contribution >= 4 is 11.8 Å². The molecule has 0 aromatic rings. The van der Waals surface area contributed by atoms with Crippen LogP contribution in [0.3, 0.4) is 0 Å². The fourth-order valence-electron chi connectivity index (χ4n) is 3.00. The summed E-state index contributed by atoms with van der Waals surface area (Å²) in [6.07, 6.45) is 6.18. The Hall–Kier alpha value is -1.10. The number of hydrogen-bond donors (Lipinski definition) is 1. The number of nitrogens with zero attached hydrogens (tertiary/aromatic N) is 2. The molecule has 2 fully saturated rings. The molecule has 2 heterocycles. The Morgan fingerprint density at radius 2 is 1.90 bits per heavy atom. The molecule has 2 saturated heterocycles. The van der Waals surface area contributed by atoms with Gasteiger partial charge in [0.25, 0.3) is 0 Å². The zero-order valence-electron chi connectivity index (χ0n) is 12.6. The van der Waals surface area contributed by atoms with Gasteiger partial charge in [0, 0.05) is 19.6 Å². The maximum Gasteiger partial charge on any atom is 0.242 e. The molecule has 0 spiro atoms. The van der Waals surface area contributed by atoms with Gasteiger partial charge in [-0.05, 0) is 45.1 Å². The molecule has 0 aliphatic carbocycles. The van der Waals surface area contributed by atoms with E-state index in [0.717, 1.165) is 64.7 Å². The van der Waals surface area contributed by atoms with E-state index in [4.69, 9.17) is 0 Å². The maximum absolute atomic E-state index is 12.5. The number of amides is 2. The van der Waals surface area contributed by atoms with Crippen molar-refractivity contribution in [1.29, 1.82) is 0 Å². The number of likely N-dealkylation sites (tertiary alicyclic amines) is 2. The lowest BCUT2D eigenvalue weighted by Crippen LogP contribution is -2.49. The van der Waals surface area contributed by atoms with Crippen molar-refractivity contribution in [3.8, 4) is 0 Å². The van der Waals surface area contributed by atoms with E-state index >= 15 is 0 Å². The van der Waals surface area contributed by atoms with Gasteiger partial charge in [0.15, 0.2) is 0 Å². The lowest BCUT2D eigenvalue weighted by atomic mass is 10.1. The number of rotatable bonds is 5. The van der Waals surface area contributed by atoms with Crippen LogP contribution in [0.1, 0.15) is 45.4 Å². The van der Waals surface area contributed by atoms with E-state index in [9.17, 15) is 9.59 Å². The standard InChI is InChI=1S/C15H27N3O2/c1-2-8-16-13-7-3-4-11-18(15(13)20)12-14(19)17-9-5-6-10-17/h13,16H,2-12H2,1H3/t13-/m0/s1. The van der Waals surface area contributed by atoms with Gasteiger partial charge in [0.2, 0.25) is 11.8 Å². The van der Waals surface area contributed by atoms with Gasteiger partial charge in [-0.2, -0.15) is 0 Å². The lowest BCUT2D eigenvalue weighted by Gasteiger charge is -2.26. The van der Waals surface area contributed by atoms with E-state index in [0.29, 0.717) is 0 Å². The summed E-state index contributed by atoms with van der Waals surface area (Å²) in [7, 11) is 0. The zero-order valence-corrected chi connectivity index (χ0v) is 12.6. The van der Waals surface area contributed by atoms with E-state index in [2.05, 4.69) is 12.2 Å². The molecule has 2 aliphatic heterocycles. The third kappa shape index (κ3) is 3.95. The number of carbonyl (C=O) groups is 2. The second-order valence-corrected chi connectivity index (χ2v) is 5.85. The Bertz CT molecular complexity index is 340. The minimum atomic E-state index is -0.0937. The van der Waals surface area contributed by atoms with Gasteiger partial charge < -0.3 is 15.1 Å². The van der Waals surface area contributed by atoms with Crippen molar-refractivity contribution in [2.45, 2.75) is 51.5 Å². The fourth-order valence-corrected chi connectivity index (χ4v) is 3.00. The predicted molar refractivity (Wildman–Crippen MR) is 78.3 cm³/mol. The summed E-state index contributed by atoms with van der Waals surface area (Å²) in [5, 5.41) is 3.32. The molecule has 0 saturated carbocycles. The summed E-state index contributed by atoms with van der Waals surface area (Å²) >= 11 is 0. The second-order valence-electron chi connectivity index (χ2n) is 5.85. The molecule has 5 nitrogen and oxygen atoms in total. The van der Waals surface area contributed by atoms with Crippen molar-refractivity contribution in [2.24, 2.45) is 0 Å². The first kappa shape index (κ1) is 15.3. The molecule has 0 bridgehead atoms. The molecular weight excluding hydrogens is 254 g/mol. The number of hydrogen-bond acceptors (Lipinski definition) is 3. The highest BCUT2D eigenvalue weighted by Gasteiger charge is 2.29. The largest absolute Gasteiger partial charge is 0.341 e. The molecule has 5 heteroatoms. The fraction of sp³-hybridized carbons (Fsp3) is 0.867. The molecule has 20 heavy (non-hydrogen) atoms. The lowest BCUT2D eigenvalue weighted by molar-refractivity contribution is -0.140. The molecule has 0 aromatic heterocycles. The average Bonchev–Trinajstić information content (AvgIpc) is 2.93. The van der Waals surface area contributed by atoms with Gasteiger partial charge >= 0.3 is 0 Å². The molecule has 2 rings (SSSR count). The Balaban J connectivity index is 1.90. The highest BCUT2D eigenvalue weighted by molar-refractivity contribution is 5.87. The summed E-state index contributed by atoms with van der Waals surface area (Å²) in [6.45, 7) is 5.68. The smallest absolute Gasteiger partial charge is 0.242 e. The summed E-state index contributed by atoms with van der Waals surface area (Å²) in [5.41, 5.74) is 0. The van der Waals surface area contributed by atoms with E-state index in [1.54, 1.807) is 4.90 Å². The Morgan fingerprint density at radius 1 is 1.20 bits per heavy atom. The third-order valence-electron chi connectivity index (χ3n) is 4.21. The Labute approximate surface area is 121 Å². The van der Waals surface area contributed by atoms with Crippen LogP contribution in [0.25, 0.3) is 0 Å². The van der Waals surface area contributed by atoms with Crippen molar-refractivity contribution in [1.82, 2.24) is 15.1 Å². The predicted octanol–water partition coefficient (Wildman–Crippen LogP) is 0.989. The minimum absolute atomic E-state index is 0.0937. The van der Waals surface area contributed by atoms with Crippen LogP contribution in [0, 0.1) is 0 Å². The van der Waals surface area contributed by atoms with Crippen molar-refractivity contribution in [2.75, 3.05) is 32.7 Å². The van der Waals surface area contributed by atoms with Crippen LogP contribution in [0.5, 0.6) is 0 Å². The molecule has 2 aliphatic rings. The van der Waals surface area contributed by atoms with Crippen LogP contribution in [-0.2, 0) is 9.59 Å². The van der Waals surface area contributed by atoms with Crippen LogP contribution < -0.4 is 5.32 Å². The van der Waals surface area contributed by atoms with E-state index in [1.165, 1.54) is 0 Å². The van der Waals surface area contributed by atoms with E-state index in [-0.39, 0.29) is 24.4 Å². The third-order valence-corrected chi connectivity index (χ3v) is 4.21. The van der Waals surface area contributed by atoms with Gasteiger partial charge in [-0.1, -0.05) is 6.92 Å². The molecular formula is C15H27N3O2. The van der Waals surface area contributed by atoms with E-state index in [1.807, 2.05) is 4.90 Å². The average molecular weight is 281 g/mol. The quantitative estimate of drug-likeness (QED) is 0.817. The van der Waals surface area contributed by atoms with Crippen molar-refractivity contribution in [3.63, 3.8) is 0 Å². The highest BCUT2D eigenvalue weighted by Crippen LogP contribution is 2.14. The minimum Gasteiger partial charge on any atom is -0.341 e. The summed E-state index contributed by atoms with van der Waals surface area (Å²) < 4.78 is 0. The normalized spacial score (nSPS) is 24.1. The van der Waals surface area contributed by atoms with Crippen LogP contribution >= 0.6 is 0 Å². The van der Waals surface area contributed by atoms with Crippen molar-refractivity contribution in [3.05, 3.63) is 0 Å². The monoisotopic (exact) mass is 281 g/mol. The van der Waals surface area contributed by atoms with Crippen LogP contribution in [-0.4, -0.2) is 60.4 Å². The molecule has 1 N–H and O–H groups in total. The van der Waals surface area contributed by atoms with Gasteiger partial charge in [0.1, 0.15) is 0 Å². The molecule has 0 unspecified atom stereocenters. The van der Waals surface area contributed by atoms with Gasteiger partial charge in [-0.15, -0.1) is 0 Å². The zero-order chi connectivity index (χ0) is 14.4. The van der Waals surface area contributed by atoms with Crippen LogP contribution in [0.15, 0.2) is 0 Å². The van der Waals surface area contributed by atoms with E-state index < -0.39 is 0 Å². The van der Waals surface area contributed by atoms with Crippen molar-refractivity contribution < 1.29 is 9.59 Å². The first-order valence-electron chi connectivity index (χ1n) is 8.02. The summed E-state index contributed by atoms with van der Waals surface area (Å²) in [4.78, 5) is 28.4. The first-order chi connectivity index (χ1) is 9.72. The molecule has 2 amide bonds. The molecule has 0 aromatic carbocycles. The van der Waals surface area contributed by atoms with Gasteiger partial charge in [0.05, 0.1) is 12.6 Å². The van der Waals surface area contributed by atoms with Gasteiger partial charge in [-0.25, -0.2) is 0 Å². The molecule has 0 radical (unpaired) electrons. The second kappa shape index (κ2) is 7.62. The first-order valence-corrected chi connectivity index (χ1v) is 8.02. The van der Waals surface area contributed by atoms with Crippen LogP contribution in [0.2, 0.25) is 0 Å². The Kier molecular flexibility index (Phi) is 5.83. The molecule has 1 atom stereocenters. The maximum atomic E-state index is 12.5. The highest BCUT2D eigenvalue weighted by atomic mass is 16.2. The molecule has 114 valence electrons. The number of nitrogens with one attached hydrogen (secondary N) is 1. The number of carbonyl (C=O) groups excluding carboxylic acids is 2. The Morgan fingerprint density at radius 3 is 2.60 bits per heavy atom. The van der Waals surface area contributed by atoms with Gasteiger partial charge in [-0.3, -0.25) is 9.59 Å². The summed E-state index contributed by atoms with van der Waals surface area (Å²) in [6, 6.07) is -0.0937. The van der Waals surface area contributed by atoms with Crippen LogP contribution in [0.4, 0.5) is 0 Å². The summed E-state index contributed by atoms with van der Waals surface area (Å²) in [5.74, 6) is 0.232. The SMILES string of the molecule is CCCN[C@H]1CCCCN(CC(=O)N2CCCC2)C1=O.